The normalized spacial score (nSPS) is 12.1. The second-order valence-corrected chi connectivity index (χ2v) is 12.2. The van der Waals surface area contributed by atoms with E-state index in [0.29, 0.717) is 16.8 Å². The van der Waals surface area contributed by atoms with Crippen LogP contribution in [0, 0.1) is 0 Å². The molecule has 0 fully saturated rings. The van der Waals surface area contributed by atoms with Gasteiger partial charge in [-0.1, -0.05) is 23.7 Å². The van der Waals surface area contributed by atoms with Gasteiger partial charge in [-0.05, 0) is 67.1 Å². The molecule has 0 saturated carbocycles. The first-order valence-electron chi connectivity index (χ1n) is 11.0. The summed E-state index contributed by atoms with van der Waals surface area (Å²) in [7, 11) is -7.81. The number of hydrogen-bond acceptors (Lipinski definition) is 5. The summed E-state index contributed by atoms with van der Waals surface area (Å²) in [6.07, 6.45) is -3.41. The molecule has 0 aromatic heterocycles. The first kappa shape index (κ1) is 29.3. The Morgan fingerprint density at radius 2 is 1.58 bits per heavy atom. The van der Waals surface area contributed by atoms with Crippen LogP contribution in [-0.4, -0.2) is 35.5 Å². The van der Waals surface area contributed by atoms with E-state index in [1.54, 1.807) is 18.2 Å². The molecular weight excluding hydrogens is 567 g/mol. The van der Waals surface area contributed by atoms with Crippen LogP contribution in [0.1, 0.15) is 18.4 Å². The SMILES string of the molecule is CS(=O)(=O)N(CCCC(=O)Nc1ccc(S(=O)(=O)Nc2cccc(C(F)(F)F)c2)cc1)c1cccc(Cl)c1. The van der Waals surface area contributed by atoms with E-state index in [9.17, 15) is 34.8 Å². The van der Waals surface area contributed by atoms with Gasteiger partial charge in [-0.25, -0.2) is 16.8 Å². The van der Waals surface area contributed by atoms with Crippen molar-refractivity contribution >= 4 is 54.6 Å². The Balaban J connectivity index is 1.59. The lowest BCUT2D eigenvalue weighted by atomic mass is 10.2. The quantitative estimate of drug-likeness (QED) is 0.331. The molecule has 0 bridgehead atoms. The van der Waals surface area contributed by atoms with Gasteiger partial charge >= 0.3 is 6.18 Å². The molecule has 0 aliphatic heterocycles. The molecule has 8 nitrogen and oxygen atoms in total. The van der Waals surface area contributed by atoms with Crippen molar-refractivity contribution < 1.29 is 34.8 Å². The van der Waals surface area contributed by atoms with E-state index in [0.717, 1.165) is 22.7 Å². The topological polar surface area (TPSA) is 113 Å². The number of benzene rings is 3. The zero-order valence-electron chi connectivity index (χ0n) is 19.9. The van der Waals surface area contributed by atoms with Crippen LogP contribution in [0.3, 0.4) is 0 Å². The third kappa shape index (κ3) is 8.10. The summed E-state index contributed by atoms with van der Waals surface area (Å²) >= 11 is 5.95. The summed E-state index contributed by atoms with van der Waals surface area (Å²) in [5.41, 5.74) is -0.597. The summed E-state index contributed by atoms with van der Waals surface area (Å²) in [6, 6.07) is 15.1. The number of halogens is 4. The number of amides is 1. The number of carbonyl (C=O) groups is 1. The van der Waals surface area contributed by atoms with Crippen LogP contribution in [-0.2, 0) is 31.0 Å². The van der Waals surface area contributed by atoms with Gasteiger partial charge in [0.15, 0.2) is 0 Å². The lowest BCUT2D eigenvalue weighted by Crippen LogP contribution is -2.31. The first-order chi connectivity index (χ1) is 17.6. The van der Waals surface area contributed by atoms with Crippen LogP contribution >= 0.6 is 11.6 Å². The molecule has 14 heteroatoms. The molecule has 0 unspecified atom stereocenters. The minimum atomic E-state index is -4.63. The Labute approximate surface area is 223 Å². The molecule has 0 radical (unpaired) electrons. The highest BCUT2D eigenvalue weighted by Crippen LogP contribution is 2.31. The van der Waals surface area contributed by atoms with Gasteiger partial charge in [0.2, 0.25) is 15.9 Å². The average molecular weight is 590 g/mol. The van der Waals surface area contributed by atoms with Crippen molar-refractivity contribution in [2.45, 2.75) is 23.9 Å². The van der Waals surface area contributed by atoms with E-state index < -0.39 is 37.7 Å². The second-order valence-electron chi connectivity index (χ2n) is 8.18. The molecule has 0 atom stereocenters. The average Bonchev–Trinajstić information content (AvgIpc) is 2.81. The predicted octanol–water partition coefficient (Wildman–Crippen LogP) is 5.34. The Kier molecular flexibility index (Phi) is 8.95. The maximum Gasteiger partial charge on any atom is 0.416 e. The summed E-state index contributed by atoms with van der Waals surface area (Å²) in [6.45, 7) is 0.0327. The maximum atomic E-state index is 12.9. The zero-order chi connectivity index (χ0) is 28.1. The van der Waals surface area contributed by atoms with Gasteiger partial charge in [-0.2, -0.15) is 13.2 Å². The van der Waals surface area contributed by atoms with E-state index in [2.05, 4.69) is 10.0 Å². The molecule has 3 rings (SSSR count). The van der Waals surface area contributed by atoms with Gasteiger partial charge in [0.1, 0.15) is 0 Å². The van der Waals surface area contributed by atoms with Crippen LogP contribution in [0.4, 0.5) is 30.2 Å². The molecule has 0 spiro atoms. The van der Waals surface area contributed by atoms with Crippen LogP contribution in [0.5, 0.6) is 0 Å². The fraction of sp³-hybridized carbons (Fsp3) is 0.208. The fourth-order valence-electron chi connectivity index (χ4n) is 3.41. The Morgan fingerprint density at radius 1 is 0.921 bits per heavy atom. The van der Waals surface area contributed by atoms with E-state index in [1.165, 1.54) is 36.4 Å². The minimum Gasteiger partial charge on any atom is -0.326 e. The molecule has 1 amide bonds. The smallest absolute Gasteiger partial charge is 0.326 e. The van der Waals surface area contributed by atoms with Gasteiger partial charge in [-0.15, -0.1) is 0 Å². The monoisotopic (exact) mass is 589 g/mol. The maximum absolute atomic E-state index is 12.9. The molecule has 38 heavy (non-hydrogen) atoms. The van der Waals surface area contributed by atoms with E-state index in [-0.39, 0.29) is 35.7 Å². The highest BCUT2D eigenvalue weighted by Gasteiger charge is 2.30. The van der Waals surface area contributed by atoms with Crippen LogP contribution in [0.25, 0.3) is 0 Å². The number of anilines is 3. The summed E-state index contributed by atoms with van der Waals surface area (Å²) < 4.78 is 91.4. The first-order valence-corrected chi connectivity index (χ1v) is 14.7. The number of carbonyl (C=O) groups excluding carboxylic acids is 1. The molecular formula is C24H23ClF3N3O5S2. The molecule has 0 aliphatic rings. The standard InChI is InChI=1S/C24H23ClF3N3O5S2/c1-37(33,34)31(21-8-3-6-18(25)16-21)14-4-9-23(32)29-19-10-12-22(13-11-19)38(35,36)30-20-7-2-5-17(15-20)24(26,27)28/h2-3,5-8,10-13,15-16,30H,4,9,14H2,1H3,(H,29,32). The minimum absolute atomic E-state index is 0.0241. The Bertz CT molecular complexity index is 1510. The molecule has 3 aromatic carbocycles. The summed E-state index contributed by atoms with van der Waals surface area (Å²) in [4.78, 5) is 12.1. The van der Waals surface area contributed by atoms with Crippen LogP contribution < -0.4 is 14.3 Å². The van der Waals surface area contributed by atoms with E-state index in [4.69, 9.17) is 11.6 Å². The van der Waals surface area contributed by atoms with Gasteiger partial charge in [-0.3, -0.25) is 13.8 Å². The van der Waals surface area contributed by atoms with Gasteiger partial charge in [0.05, 0.1) is 22.4 Å². The number of nitrogens with one attached hydrogen (secondary N) is 2. The van der Waals surface area contributed by atoms with Crippen molar-refractivity contribution in [1.82, 2.24) is 0 Å². The molecule has 204 valence electrons. The predicted molar refractivity (Wildman–Crippen MR) is 140 cm³/mol. The summed E-state index contributed by atoms with van der Waals surface area (Å²) in [5, 5.41) is 2.95. The number of hydrogen-bond donors (Lipinski definition) is 2. The molecule has 0 heterocycles. The third-order valence-electron chi connectivity index (χ3n) is 5.15. The molecule has 3 aromatic rings. The number of alkyl halides is 3. The highest BCUT2D eigenvalue weighted by molar-refractivity contribution is 7.92. The van der Waals surface area contributed by atoms with E-state index in [1.807, 2.05) is 0 Å². The van der Waals surface area contributed by atoms with Crippen LogP contribution in [0.2, 0.25) is 5.02 Å². The van der Waals surface area contributed by atoms with Crippen molar-refractivity contribution in [2.75, 3.05) is 27.1 Å². The summed E-state index contributed by atoms with van der Waals surface area (Å²) in [5.74, 6) is -0.428. The second kappa shape index (κ2) is 11.6. The van der Waals surface area contributed by atoms with Crippen molar-refractivity contribution in [3.63, 3.8) is 0 Å². The van der Waals surface area contributed by atoms with Crippen LogP contribution in [0.15, 0.2) is 77.7 Å². The van der Waals surface area contributed by atoms with Crippen molar-refractivity contribution in [3.05, 3.63) is 83.4 Å². The molecule has 0 saturated heterocycles. The van der Waals surface area contributed by atoms with Gasteiger partial charge in [0.25, 0.3) is 10.0 Å². The number of sulfonamides is 2. The highest BCUT2D eigenvalue weighted by atomic mass is 35.5. The lowest BCUT2D eigenvalue weighted by Gasteiger charge is -2.22. The van der Waals surface area contributed by atoms with Crippen molar-refractivity contribution in [1.29, 1.82) is 0 Å². The number of nitrogens with zero attached hydrogens (tertiary/aromatic N) is 1. The molecule has 0 aliphatic carbocycles. The Hall–Kier alpha value is -3.29. The van der Waals surface area contributed by atoms with Crippen molar-refractivity contribution in [3.8, 4) is 0 Å². The third-order valence-corrected chi connectivity index (χ3v) is 7.98. The largest absolute Gasteiger partial charge is 0.416 e. The van der Waals surface area contributed by atoms with Gasteiger partial charge in [0, 0.05) is 29.4 Å². The fourth-order valence-corrected chi connectivity index (χ4v) is 5.61. The van der Waals surface area contributed by atoms with Crippen molar-refractivity contribution in [2.24, 2.45) is 0 Å². The zero-order valence-corrected chi connectivity index (χ0v) is 22.3. The van der Waals surface area contributed by atoms with E-state index >= 15 is 0 Å². The lowest BCUT2D eigenvalue weighted by molar-refractivity contribution is -0.137. The van der Waals surface area contributed by atoms with Gasteiger partial charge < -0.3 is 5.32 Å². The molecule has 2 N–H and O–H groups in total. The Morgan fingerprint density at radius 3 is 2.18 bits per heavy atom. The number of rotatable bonds is 10.